The number of benzene rings is 2. The normalized spacial score (nSPS) is 13.0. The van der Waals surface area contributed by atoms with Crippen LogP contribution in [-0.4, -0.2) is 50.8 Å². The number of para-hydroxylation sites is 2. The number of imidazole rings is 1. The summed E-state index contributed by atoms with van der Waals surface area (Å²) < 4.78 is 84.0. The van der Waals surface area contributed by atoms with E-state index in [0.29, 0.717) is 0 Å². The van der Waals surface area contributed by atoms with Crippen LogP contribution in [0, 0.1) is 6.92 Å². The molecule has 0 aliphatic heterocycles. The summed E-state index contributed by atoms with van der Waals surface area (Å²) >= 11 is -2.14. The first-order valence-electron chi connectivity index (χ1n) is 10.5. The average Bonchev–Trinajstić information content (AvgIpc) is 3.25. The van der Waals surface area contributed by atoms with Crippen LogP contribution in [0.1, 0.15) is 21.6 Å². The Balaban J connectivity index is 1.76. The number of carboxylic acids is 1. The van der Waals surface area contributed by atoms with Crippen LogP contribution in [0.5, 0.6) is 5.75 Å². The molecule has 9 nitrogen and oxygen atoms in total. The molecule has 194 valence electrons. The zero-order valence-electron chi connectivity index (χ0n) is 19.0. The molecule has 37 heavy (non-hydrogen) atoms. The van der Waals surface area contributed by atoms with Gasteiger partial charge in [-0.25, -0.2) is 13.2 Å². The third kappa shape index (κ3) is 5.55. The number of ether oxygens (including phenoxy) is 1. The van der Waals surface area contributed by atoms with Crippen LogP contribution in [-0.2, 0) is 27.0 Å². The van der Waals surface area contributed by atoms with Gasteiger partial charge < -0.3 is 14.4 Å². The molecule has 0 fully saturated rings. The minimum atomic E-state index is -4.56. The third-order valence-electron chi connectivity index (χ3n) is 5.23. The molecule has 4 rings (SSSR count). The molecule has 0 aliphatic rings. The molecule has 0 aliphatic carbocycles. The number of nitrogens with zero attached hydrogens (tertiary/aromatic N) is 3. The molecular formula is C23H18F3N3O6S2. The van der Waals surface area contributed by atoms with Gasteiger partial charge in [0.25, 0.3) is 10.0 Å². The van der Waals surface area contributed by atoms with Crippen LogP contribution in [0.25, 0.3) is 11.0 Å². The van der Waals surface area contributed by atoms with Crippen molar-refractivity contribution in [1.29, 1.82) is 0 Å². The fourth-order valence-electron chi connectivity index (χ4n) is 3.46. The van der Waals surface area contributed by atoms with E-state index in [9.17, 15) is 36.0 Å². The molecule has 0 saturated heterocycles. The van der Waals surface area contributed by atoms with Crippen molar-refractivity contribution in [2.75, 3.05) is 6.61 Å². The number of carbonyl (C=O) groups is 1. The highest BCUT2D eigenvalue weighted by Crippen LogP contribution is 2.30. The van der Waals surface area contributed by atoms with Gasteiger partial charge in [-0.1, -0.05) is 18.2 Å². The number of fused-ring (bicyclic) bond motifs is 1. The number of halogens is 3. The molecule has 0 amide bonds. The van der Waals surface area contributed by atoms with Gasteiger partial charge in [-0.3, -0.25) is 4.98 Å². The van der Waals surface area contributed by atoms with Crippen LogP contribution in [0.2, 0.25) is 0 Å². The summed E-state index contributed by atoms with van der Waals surface area (Å²) in [7, 11) is -4.46. The summed E-state index contributed by atoms with van der Waals surface area (Å²) in [4.78, 5) is 19.3. The minimum absolute atomic E-state index is 0.106. The minimum Gasteiger partial charge on any atom is -0.609 e. The lowest BCUT2D eigenvalue weighted by Gasteiger charge is -2.15. The van der Waals surface area contributed by atoms with Gasteiger partial charge >= 0.3 is 17.3 Å². The van der Waals surface area contributed by atoms with Crippen LogP contribution in [0.4, 0.5) is 13.2 Å². The predicted molar refractivity (Wildman–Crippen MR) is 126 cm³/mol. The van der Waals surface area contributed by atoms with E-state index in [1.807, 2.05) is 0 Å². The number of rotatable bonds is 8. The van der Waals surface area contributed by atoms with Crippen molar-refractivity contribution < 1.29 is 40.8 Å². The van der Waals surface area contributed by atoms with Crippen molar-refractivity contribution in [2.45, 2.75) is 28.9 Å². The highest BCUT2D eigenvalue weighted by molar-refractivity contribution is 7.93. The molecule has 2 aromatic carbocycles. The van der Waals surface area contributed by atoms with Gasteiger partial charge in [0.05, 0.1) is 27.2 Å². The van der Waals surface area contributed by atoms with Crippen molar-refractivity contribution in [3.8, 4) is 5.75 Å². The first-order chi connectivity index (χ1) is 17.4. The Morgan fingerprint density at radius 1 is 1.16 bits per heavy atom. The third-order valence-corrected chi connectivity index (χ3v) is 8.26. The summed E-state index contributed by atoms with van der Waals surface area (Å²) in [5.74, 6) is -1.81. The zero-order chi connectivity index (χ0) is 27.0. The zero-order valence-corrected chi connectivity index (χ0v) is 20.6. The summed E-state index contributed by atoms with van der Waals surface area (Å²) in [6.45, 7) is -0.0772. The van der Waals surface area contributed by atoms with Crippen LogP contribution < -0.4 is 4.74 Å². The summed E-state index contributed by atoms with van der Waals surface area (Å²) in [6, 6.07) is 12.1. The van der Waals surface area contributed by atoms with Crippen LogP contribution >= 0.6 is 0 Å². The molecule has 2 aromatic heterocycles. The second kappa shape index (κ2) is 10.0. The lowest BCUT2D eigenvalue weighted by Crippen LogP contribution is -2.21. The quantitative estimate of drug-likeness (QED) is 0.325. The largest absolute Gasteiger partial charge is 0.609 e. The van der Waals surface area contributed by atoms with E-state index < -0.39 is 40.0 Å². The van der Waals surface area contributed by atoms with E-state index in [-0.39, 0.29) is 49.4 Å². The van der Waals surface area contributed by atoms with Crippen LogP contribution in [0.15, 0.2) is 70.8 Å². The molecular weight excluding hydrogens is 535 g/mol. The van der Waals surface area contributed by atoms with E-state index in [4.69, 9.17) is 4.74 Å². The molecule has 0 saturated carbocycles. The average molecular weight is 554 g/mol. The number of aromatic nitrogens is 3. The highest BCUT2D eigenvalue weighted by Gasteiger charge is 2.33. The van der Waals surface area contributed by atoms with Gasteiger partial charge in [0.15, 0.2) is 12.4 Å². The monoisotopic (exact) mass is 553 g/mol. The van der Waals surface area contributed by atoms with Crippen molar-refractivity contribution in [1.82, 2.24) is 13.9 Å². The Kier molecular flexibility index (Phi) is 7.17. The fourth-order valence-corrected chi connectivity index (χ4v) is 6.55. The van der Waals surface area contributed by atoms with E-state index in [1.165, 1.54) is 49.5 Å². The van der Waals surface area contributed by atoms with E-state index in [2.05, 4.69) is 9.97 Å². The standard InChI is InChI=1S/C23H18F3N3O6S2/c1-14-18(27-10-9-20(14)35-13-23(24,25)26)12-36(32)22-28-17-7-2-3-8-19(17)29(22)37(33,34)16-6-4-5-15(11-16)21(30)31/h2-11H,12-13H2,1H3,(H,30,31). The van der Waals surface area contributed by atoms with Crippen molar-refractivity contribution >= 4 is 38.2 Å². The Morgan fingerprint density at radius 2 is 1.89 bits per heavy atom. The number of alkyl halides is 3. The second-order valence-corrected chi connectivity index (χ2v) is 10.9. The van der Waals surface area contributed by atoms with Gasteiger partial charge in [-0.15, -0.1) is 0 Å². The fraction of sp³-hybridized carbons (Fsp3) is 0.174. The topological polar surface area (TPSA) is 134 Å². The molecule has 0 bridgehead atoms. The summed E-state index contributed by atoms with van der Waals surface area (Å²) in [5.41, 5.74) is 0.402. The highest BCUT2D eigenvalue weighted by atomic mass is 32.2. The SMILES string of the molecule is Cc1c(OCC(F)(F)F)ccnc1C[S+]([O-])c1nc2ccccc2n1S(=O)(=O)c1cccc(C(=O)O)c1. The lowest BCUT2D eigenvalue weighted by molar-refractivity contribution is -0.153. The van der Waals surface area contributed by atoms with Gasteiger partial charge in [0.1, 0.15) is 5.75 Å². The summed E-state index contributed by atoms with van der Waals surface area (Å²) in [5, 5.41) is 8.92. The van der Waals surface area contributed by atoms with Gasteiger partial charge in [0, 0.05) is 22.9 Å². The molecule has 4 aromatic rings. The lowest BCUT2D eigenvalue weighted by atomic mass is 10.2. The van der Waals surface area contributed by atoms with E-state index in [1.54, 1.807) is 12.1 Å². The van der Waals surface area contributed by atoms with Gasteiger partial charge in [-0.2, -0.15) is 22.1 Å². The van der Waals surface area contributed by atoms with Crippen molar-refractivity contribution in [2.24, 2.45) is 0 Å². The Hall–Kier alpha value is -3.62. The van der Waals surface area contributed by atoms with Crippen LogP contribution in [0.3, 0.4) is 0 Å². The Labute approximate surface area is 211 Å². The van der Waals surface area contributed by atoms with E-state index >= 15 is 0 Å². The maximum Gasteiger partial charge on any atom is 0.422 e. The van der Waals surface area contributed by atoms with Gasteiger partial charge in [-0.05, 0) is 43.3 Å². The van der Waals surface area contributed by atoms with Crippen molar-refractivity contribution in [3.63, 3.8) is 0 Å². The van der Waals surface area contributed by atoms with Crippen molar-refractivity contribution in [3.05, 3.63) is 77.6 Å². The predicted octanol–water partition coefficient (Wildman–Crippen LogP) is 3.92. The number of carboxylic acid groups (broad SMARTS) is 1. The first kappa shape index (κ1) is 26.4. The van der Waals surface area contributed by atoms with E-state index in [0.717, 1.165) is 10.0 Å². The first-order valence-corrected chi connectivity index (χ1v) is 13.2. The molecule has 1 unspecified atom stereocenters. The number of aromatic carboxylic acids is 1. The molecule has 1 N–H and O–H groups in total. The maximum atomic E-state index is 13.6. The second-order valence-electron chi connectivity index (χ2n) is 7.76. The van der Waals surface area contributed by atoms with Gasteiger partial charge in [0.2, 0.25) is 0 Å². The number of hydrogen-bond donors (Lipinski definition) is 1. The number of hydrogen-bond acceptors (Lipinski definition) is 7. The Morgan fingerprint density at radius 3 is 2.59 bits per heavy atom. The molecule has 0 radical (unpaired) electrons. The molecule has 2 heterocycles. The molecule has 0 spiro atoms. The smallest absolute Gasteiger partial charge is 0.422 e. The molecule has 14 heteroatoms. The maximum absolute atomic E-state index is 13.6. The number of pyridine rings is 1. The Bertz CT molecular complexity index is 1590. The molecule has 1 atom stereocenters. The summed E-state index contributed by atoms with van der Waals surface area (Å²) in [6.07, 6.45) is -3.36.